The Kier molecular flexibility index (Phi) is 4.06. The van der Waals surface area contributed by atoms with Crippen molar-refractivity contribution in [2.45, 2.75) is 27.2 Å². The van der Waals surface area contributed by atoms with Crippen molar-refractivity contribution >= 4 is 12.1 Å². The lowest BCUT2D eigenvalue weighted by atomic mass is 9.83. The largest absolute Gasteiger partial charge is 0.498 e. The second-order valence-corrected chi connectivity index (χ2v) is 4.56. The molecule has 3 heteroatoms. The van der Waals surface area contributed by atoms with Crippen molar-refractivity contribution in [1.29, 1.82) is 0 Å². The number of carbonyl (C=O) groups is 2. The molecule has 0 aromatic heterocycles. The van der Waals surface area contributed by atoms with Crippen LogP contribution >= 0.6 is 0 Å². The van der Waals surface area contributed by atoms with Gasteiger partial charge in [0, 0.05) is 12.5 Å². The third-order valence-corrected chi connectivity index (χ3v) is 2.52. The van der Waals surface area contributed by atoms with E-state index in [4.69, 9.17) is 4.74 Å². The van der Waals surface area contributed by atoms with Crippen LogP contribution in [-0.2, 0) is 14.3 Å². The molecule has 2 atom stereocenters. The highest BCUT2D eigenvalue weighted by molar-refractivity contribution is 6.02. The van der Waals surface area contributed by atoms with E-state index < -0.39 is 5.92 Å². The molecule has 0 aromatic rings. The molecule has 1 aliphatic rings. The maximum absolute atomic E-state index is 11.5. The Balaban J connectivity index is 2.62. The quantitative estimate of drug-likeness (QED) is 0.526. The van der Waals surface area contributed by atoms with Crippen molar-refractivity contribution in [2.24, 2.45) is 17.8 Å². The van der Waals surface area contributed by atoms with Crippen LogP contribution in [0.2, 0.25) is 0 Å². The SMILES string of the molecule is CC(C)COC1=CC(=O)C(C=O)C(C)C1. The maximum atomic E-state index is 11.5. The van der Waals surface area contributed by atoms with Crippen LogP contribution in [0.1, 0.15) is 27.2 Å². The summed E-state index contributed by atoms with van der Waals surface area (Å²) < 4.78 is 5.50. The number of rotatable bonds is 4. The lowest BCUT2D eigenvalue weighted by molar-refractivity contribution is -0.126. The van der Waals surface area contributed by atoms with Gasteiger partial charge in [-0.25, -0.2) is 0 Å². The second kappa shape index (κ2) is 5.10. The van der Waals surface area contributed by atoms with Crippen LogP contribution in [-0.4, -0.2) is 18.7 Å². The predicted molar refractivity (Wildman–Crippen MR) is 57.2 cm³/mol. The van der Waals surface area contributed by atoms with E-state index in [1.54, 1.807) is 0 Å². The summed E-state index contributed by atoms with van der Waals surface area (Å²) in [6.45, 7) is 6.64. The molecule has 0 heterocycles. The summed E-state index contributed by atoms with van der Waals surface area (Å²) in [5.41, 5.74) is 0. The zero-order valence-corrected chi connectivity index (χ0v) is 9.53. The Bertz CT molecular complexity index is 279. The van der Waals surface area contributed by atoms with Gasteiger partial charge in [-0.15, -0.1) is 0 Å². The molecule has 15 heavy (non-hydrogen) atoms. The van der Waals surface area contributed by atoms with Crippen molar-refractivity contribution in [3.8, 4) is 0 Å². The summed E-state index contributed by atoms with van der Waals surface area (Å²) in [7, 11) is 0. The highest BCUT2D eigenvalue weighted by Gasteiger charge is 2.29. The minimum absolute atomic E-state index is 0.0576. The normalized spacial score (nSPS) is 26.4. The molecular formula is C12H18O3. The molecule has 0 fully saturated rings. The minimum atomic E-state index is -0.476. The lowest BCUT2D eigenvalue weighted by Crippen LogP contribution is -2.27. The van der Waals surface area contributed by atoms with E-state index in [1.807, 2.05) is 6.92 Å². The van der Waals surface area contributed by atoms with Crippen molar-refractivity contribution in [3.63, 3.8) is 0 Å². The van der Waals surface area contributed by atoms with Gasteiger partial charge < -0.3 is 9.53 Å². The van der Waals surface area contributed by atoms with E-state index in [0.717, 1.165) is 12.0 Å². The van der Waals surface area contributed by atoms with Crippen LogP contribution < -0.4 is 0 Å². The second-order valence-electron chi connectivity index (χ2n) is 4.56. The number of hydrogen-bond acceptors (Lipinski definition) is 3. The number of ketones is 1. The number of hydrogen-bond donors (Lipinski definition) is 0. The molecule has 0 saturated carbocycles. The number of allylic oxidation sites excluding steroid dienone is 2. The van der Waals surface area contributed by atoms with E-state index in [1.165, 1.54) is 6.08 Å². The third kappa shape index (κ3) is 3.18. The molecule has 0 aliphatic heterocycles. The van der Waals surface area contributed by atoms with Gasteiger partial charge in [0.25, 0.3) is 0 Å². The molecule has 0 amide bonds. The molecule has 0 aromatic carbocycles. The molecule has 0 N–H and O–H groups in total. The highest BCUT2D eigenvalue weighted by Crippen LogP contribution is 2.26. The van der Waals surface area contributed by atoms with Gasteiger partial charge in [0.2, 0.25) is 0 Å². The fourth-order valence-corrected chi connectivity index (χ4v) is 1.61. The minimum Gasteiger partial charge on any atom is -0.498 e. The van der Waals surface area contributed by atoms with Crippen molar-refractivity contribution in [2.75, 3.05) is 6.61 Å². The van der Waals surface area contributed by atoms with Gasteiger partial charge in [-0.1, -0.05) is 20.8 Å². The first kappa shape index (κ1) is 12.0. The predicted octanol–water partition coefficient (Wildman–Crippen LogP) is 1.97. The van der Waals surface area contributed by atoms with Gasteiger partial charge >= 0.3 is 0 Å². The first-order chi connectivity index (χ1) is 7.04. The van der Waals surface area contributed by atoms with Gasteiger partial charge in [-0.3, -0.25) is 4.79 Å². The topological polar surface area (TPSA) is 43.4 Å². The van der Waals surface area contributed by atoms with Gasteiger partial charge in [0.05, 0.1) is 18.3 Å². The maximum Gasteiger partial charge on any atom is 0.169 e. The number of aldehydes is 1. The molecule has 84 valence electrons. The van der Waals surface area contributed by atoms with Gasteiger partial charge in [0.1, 0.15) is 6.29 Å². The van der Waals surface area contributed by atoms with Crippen molar-refractivity contribution in [1.82, 2.24) is 0 Å². The standard InChI is InChI=1S/C12H18O3/c1-8(2)7-15-10-4-9(3)11(6-13)12(14)5-10/h5-6,8-9,11H,4,7H2,1-3H3. The molecule has 0 saturated heterocycles. The Labute approximate surface area is 90.5 Å². The molecular weight excluding hydrogens is 192 g/mol. The summed E-state index contributed by atoms with van der Waals surface area (Å²) in [5.74, 6) is 0.625. The molecule has 0 radical (unpaired) electrons. The van der Waals surface area contributed by atoms with E-state index in [2.05, 4.69) is 13.8 Å². The fourth-order valence-electron chi connectivity index (χ4n) is 1.61. The van der Waals surface area contributed by atoms with Gasteiger partial charge in [-0.05, 0) is 11.8 Å². The summed E-state index contributed by atoms with van der Waals surface area (Å²) in [5, 5.41) is 0. The molecule has 1 aliphatic carbocycles. The van der Waals surface area contributed by atoms with Crippen LogP contribution in [0.15, 0.2) is 11.8 Å². The Morgan fingerprint density at radius 1 is 1.60 bits per heavy atom. The zero-order valence-electron chi connectivity index (χ0n) is 9.53. The van der Waals surface area contributed by atoms with Crippen LogP contribution in [0.4, 0.5) is 0 Å². The van der Waals surface area contributed by atoms with Gasteiger partial charge in [-0.2, -0.15) is 0 Å². The monoisotopic (exact) mass is 210 g/mol. The van der Waals surface area contributed by atoms with Crippen molar-refractivity contribution < 1.29 is 14.3 Å². The molecule has 1 rings (SSSR count). The van der Waals surface area contributed by atoms with Crippen molar-refractivity contribution in [3.05, 3.63) is 11.8 Å². The molecule has 3 nitrogen and oxygen atoms in total. The lowest BCUT2D eigenvalue weighted by Gasteiger charge is -2.24. The van der Waals surface area contributed by atoms with E-state index in [0.29, 0.717) is 18.9 Å². The van der Waals surface area contributed by atoms with Crippen LogP contribution in [0.3, 0.4) is 0 Å². The van der Waals surface area contributed by atoms with Crippen LogP contribution in [0.25, 0.3) is 0 Å². The third-order valence-electron chi connectivity index (χ3n) is 2.52. The van der Waals surface area contributed by atoms with Crippen LogP contribution in [0.5, 0.6) is 0 Å². The molecule has 2 unspecified atom stereocenters. The van der Waals surface area contributed by atoms with Gasteiger partial charge in [0.15, 0.2) is 5.78 Å². The Morgan fingerprint density at radius 2 is 2.27 bits per heavy atom. The average Bonchev–Trinajstić information content (AvgIpc) is 2.14. The first-order valence-electron chi connectivity index (χ1n) is 5.37. The fraction of sp³-hybridized carbons (Fsp3) is 0.667. The van der Waals surface area contributed by atoms with E-state index >= 15 is 0 Å². The van der Waals surface area contributed by atoms with Crippen LogP contribution in [0, 0.1) is 17.8 Å². The van der Waals surface area contributed by atoms with E-state index in [-0.39, 0.29) is 11.7 Å². The highest BCUT2D eigenvalue weighted by atomic mass is 16.5. The summed E-state index contributed by atoms with van der Waals surface area (Å²) >= 11 is 0. The molecule has 0 spiro atoms. The summed E-state index contributed by atoms with van der Waals surface area (Å²) in [4.78, 5) is 22.2. The zero-order chi connectivity index (χ0) is 11.4. The first-order valence-corrected chi connectivity index (χ1v) is 5.37. The smallest absolute Gasteiger partial charge is 0.169 e. The Hall–Kier alpha value is -1.12. The van der Waals surface area contributed by atoms with E-state index in [9.17, 15) is 9.59 Å². The number of carbonyl (C=O) groups excluding carboxylic acids is 2. The summed E-state index contributed by atoms with van der Waals surface area (Å²) in [6.07, 6.45) is 2.89. The number of ether oxygens (including phenoxy) is 1. The summed E-state index contributed by atoms with van der Waals surface area (Å²) in [6, 6.07) is 0. The molecule has 0 bridgehead atoms. The average molecular weight is 210 g/mol. The Morgan fingerprint density at radius 3 is 2.73 bits per heavy atom.